The number of aromatic nitrogens is 3. The van der Waals surface area contributed by atoms with Gasteiger partial charge in [-0.05, 0) is 57.7 Å². The zero-order chi connectivity index (χ0) is 23.5. The van der Waals surface area contributed by atoms with E-state index < -0.39 is 17.7 Å². The molecule has 1 N–H and O–H groups in total. The van der Waals surface area contributed by atoms with Gasteiger partial charge in [0, 0.05) is 18.9 Å². The molecule has 2 aromatic heterocycles. The molecule has 3 heterocycles. The van der Waals surface area contributed by atoms with Gasteiger partial charge in [0.25, 0.3) is 11.7 Å². The number of benzene rings is 1. The molecule has 1 aliphatic rings. The highest BCUT2D eigenvalue weighted by molar-refractivity contribution is 6.46. The Morgan fingerprint density at radius 2 is 1.85 bits per heavy atom. The maximum Gasteiger partial charge on any atom is 0.295 e. The Bertz CT molecular complexity index is 1190. The monoisotopic (exact) mass is 445 g/mol. The van der Waals surface area contributed by atoms with Crippen molar-refractivity contribution in [2.45, 2.75) is 19.4 Å². The summed E-state index contributed by atoms with van der Waals surface area (Å²) in [7, 11) is 3.92. The van der Waals surface area contributed by atoms with Crippen molar-refractivity contribution < 1.29 is 14.7 Å². The highest BCUT2D eigenvalue weighted by atomic mass is 16.3. The van der Waals surface area contributed by atoms with E-state index in [1.165, 1.54) is 11.1 Å². The van der Waals surface area contributed by atoms with Crippen LogP contribution in [0.2, 0.25) is 0 Å². The number of carbonyl (C=O) groups is 2. The molecule has 1 amide bonds. The van der Waals surface area contributed by atoms with Gasteiger partial charge in [-0.25, -0.2) is 4.68 Å². The first-order chi connectivity index (χ1) is 15.9. The number of aliphatic hydroxyl groups excluding tert-OH is 1. The molecule has 4 rings (SSSR count). The van der Waals surface area contributed by atoms with E-state index in [-0.39, 0.29) is 11.3 Å². The fraction of sp³-hybridized carbons (Fsp3) is 0.280. The molecular formula is C25H27N5O3. The first-order valence-electron chi connectivity index (χ1n) is 10.8. The van der Waals surface area contributed by atoms with Crippen LogP contribution < -0.4 is 0 Å². The first kappa shape index (κ1) is 22.4. The Hall–Kier alpha value is -3.78. The van der Waals surface area contributed by atoms with Gasteiger partial charge in [-0.2, -0.15) is 5.10 Å². The van der Waals surface area contributed by atoms with Crippen molar-refractivity contribution >= 4 is 17.4 Å². The summed E-state index contributed by atoms with van der Waals surface area (Å²) in [6, 6.07) is 12.4. The van der Waals surface area contributed by atoms with Crippen LogP contribution in [-0.2, 0) is 9.59 Å². The predicted octanol–water partition coefficient (Wildman–Crippen LogP) is 2.95. The van der Waals surface area contributed by atoms with Crippen molar-refractivity contribution in [3.8, 4) is 5.69 Å². The summed E-state index contributed by atoms with van der Waals surface area (Å²) >= 11 is 0. The van der Waals surface area contributed by atoms with Crippen LogP contribution in [0, 0.1) is 6.92 Å². The van der Waals surface area contributed by atoms with Gasteiger partial charge in [-0.15, -0.1) is 0 Å². The molecule has 170 valence electrons. The summed E-state index contributed by atoms with van der Waals surface area (Å²) < 4.78 is 1.70. The highest BCUT2D eigenvalue weighted by Crippen LogP contribution is 2.39. The van der Waals surface area contributed by atoms with E-state index >= 15 is 0 Å². The average molecular weight is 446 g/mol. The summed E-state index contributed by atoms with van der Waals surface area (Å²) in [4.78, 5) is 33.9. The third kappa shape index (κ3) is 4.29. The van der Waals surface area contributed by atoms with E-state index in [0.717, 1.165) is 12.2 Å². The normalized spacial score (nSPS) is 17.8. The van der Waals surface area contributed by atoms with E-state index in [9.17, 15) is 14.7 Å². The van der Waals surface area contributed by atoms with Crippen LogP contribution in [-0.4, -0.2) is 68.5 Å². The number of pyridine rings is 1. The van der Waals surface area contributed by atoms with E-state index in [2.05, 4.69) is 10.1 Å². The molecule has 1 aromatic carbocycles. The molecule has 0 spiro atoms. The minimum Gasteiger partial charge on any atom is -0.507 e. The Labute approximate surface area is 192 Å². The van der Waals surface area contributed by atoms with Crippen LogP contribution in [0.1, 0.15) is 29.3 Å². The molecule has 8 heteroatoms. The lowest BCUT2D eigenvalue weighted by Gasteiger charge is -2.25. The smallest absolute Gasteiger partial charge is 0.295 e. The zero-order valence-electron chi connectivity index (χ0n) is 19.0. The molecule has 0 radical (unpaired) electrons. The number of nitrogens with zero attached hydrogens (tertiary/aromatic N) is 5. The van der Waals surface area contributed by atoms with Gasteiger partial charge in [0.05, 0.1) is 34.8 Å². The number of Topliss-reactive ketones (excluding diaryl/α,β-unsaturated/α-hetero) is 1. The molecule has 1 saturated heterocycles. The van der Waals surface area contributed by atoms with Gasteiger partial charge in [0.1, 0.15) is 5.76 Å². The average Bonchev–Trinajstić information content (AvgIpc) is 3.32. The van der Waals surface area contributed by atoms with E-state index in [4.69, 9.17) is 0 Å². The second kappa shape index (κ2) is 9.38. The number of hydrogen-bond acceptors (Lipinski definition) is 6. The number of hydrogen-bond donors (Lipinski definition) is 1. The van der Waals surface area contributed by atoms with Crippen LogP contribution in [0.4, 0.5) is 0 Å². The van der Waals surface area contributed by atoms with Gasteiger partial charge in [0.2, 0.25) is 0 Å². The molecule has 0 bridgehead atoms. The van der Waals surface area contributed by atoms with Gasteiger partial charge in [-0.1, -0.05) is 24.3 Å². The van der Waals surface area contributed by atoms with Crippen molar-refractivity contribution in [1.29, 1.82) is 0 Å². The number of para-hydroxylation sites is 1. The molecular weight excluding hydrogens is 418 g/mol. The third-order valence-electron chi connectivity index (χ3n) is 5.81. The molecule has 0 saturated carbocycles. The van der Waals surface area contributed by atoms with Crippen molar-refractivity contribution in [3.63, 3.8) is 0 Å². The van der Waals surface area contributed by atoms with Gasteiger partial charge < -0.3 is 14.9 Å². The maximum atomic E-state index is 13.1. The molecule has 1 fully saturated rings. The number of aliphatic hydroxyl groups is 1. The number of likely N-dealkylation sites (tertiary alicyclic amines) is 1. The molecule has 8 nitrogen and oxygen atoms in total. The number of amides is 1. The number of carbonyl (C=O) groups excluding carboxylic acids is 2. The van der Waals surface area contributed by atoms with Gasteiger partial charge >= 0.3 is 0 Å². The number of ketones is 1. The quantitative estimate of drug-likeness (QED) is 0.342. The minimum atomic E-state index is -0.708. The van der Waals surface area contributed by atoms with Crippen LogP contribution in [0.5, 0.6) is 0 Å². The summed E-state index contributed by atoms with van der Waals surface area (Å²) in [5.41, 5.74) is 2.66. The Kier molecular flexibility index (Phi) is 6.37. The number of rotatable bonds is 7. The summed E-state index contributed by atoms with van der Waals surface area (Å²) in [6.45, 7) is 2.98. The van der Waals surface area contributed by atoms with E-state index in [0.29, 0.717) is 29.8 Å². The molecule has 3 aromatic rings. The second-order valence-corrected chi connectivity index (χ2v) is 8.33. The van der Waals surface area contributed by atoms with Crippen molar-refractivity contribution in [2.24, 2.45) is 0 Å². The Morgan fingerprint density at radius 3 is 2.52 bits per heavy atom. The van der Waals surface area contributed by atoms with Crippen LogP contribution in [0.3, 0.4) is 0 Å². The lowest BCUT2D eigenvalue weighted by molar-refractivity contribution is -0.139. The fourth-order valence-electron chi connectivity index (χ4n) is 4.17. The highest BCUT2D eigenvalue weighted by Gasteiger charge is 2.46. The maximum absolute atomic E-state index is 13.1. The Morgan fingerprint density at radius 1 is 1.09 bits per heavy atom. The summed E-state index contributed by atoms with van der Waals surface area (Å²) in [5.74, 6) is -1.53. The zero-order valence-corrected chi connectivity index (χ0v) is 19.0. The first-order valence-corrected chi connectivity index (χ1v) is 10.8. The van der Waals surface area contributed by atoms with E-state index in [1.807, 2.05) is 62.3 Å². The molecule has 0 unspecified atom stereocenters. The lowest BCUT2D eigenvalue weighted by atomic mass is 9.96. The Balaban J connectivity index is 1.79. The topological polar surface area (TPSA) is 91.6 Å². The van der Waals surface area contributed by atoms with Crippen LogP contribution in [0.25, 0.3) is 11.4 Å². The second-order valence-electron chi connectivity index (χ2n) is 8.33. The third-order valence-corrected chi connectivity index (χ3v) is 5.81. The van der Waals surface area contributed by atoms with E-state index in [1.54, 1.807) is 23.1 Å². The molecule has 0 aliphatic carbocycles. The SMILES string of the molecule is Cc1c(/C(O)=C2\C(=O)C(=O)N(CCCN(C)C)[C@@H]2c2cccnc2)cnn1-c1ccccc1. The van der Waals surface area contributed by atoms with Crippen LogP contribution >= 0.6 is 0 Å². The van der Waals surface area contributed by atoms with Crippen LogP contribution in [0.15, 0.2) is 66.6 Å². The lowest BCUT2D eigenvalue weighted by Crippen LogP contribution is -2.32. The molecule has 1 atom stereocenters. The molecule has 1 aliphatic heterocycles. The predicted molar refractivity (Wildman–Crippen MR) is 125 cm³/mol. The standard InChI is InChI=1S/C25H27N5O3/c1-17-20(16-27-30(17)19-10-5-4-6-11-19)23(31)21-22(18-9-7-12-26-15-18)29(25(33)24(21)32)14-8-13-28(2)3/h4-7,9-12,15-16,22,31H,8,13-14H2,1-3H3/b23-21+/t22-/m1/s1. The van der Waals surface area contributed by atoms with Crippen molar-refractivity contribution in [3.05, 3.63) is 83.4 Å². The fourth-order valence-corrected chi connectivity index (χ4v) is 4.17. The summed E-state index contributed by atoms with van der Waals surface area (Å²) in [5, 5.41) is 15.7. The largest absolute Gasteiger partial charge is 0.507 e. The van der Waals surface area contributed by atoms with Gasteiger partial charge in [-0.3, -0.25) is 14.6 Å². The minimum absolute atomic E-state index is 0.0635. The van der Waals surface area contributed by atoms with Gasteiger partial charge in [0.15, 0.2) is 0 Å². The van der Waals surface area contributed by atoms with Crippen molar-refractivity contribution in [2.75, 3.05) is 27.2 Å². The van der Waals surface area contributed by atoms with Crippen molar-refractivity contribution in [1.82, 2.24) is 24.6 Å². The molecule has 33 heavy (non-hydrogen) atoms. The summed E-state index contributed by atoms with van der Waals surface area (Å²) in [6.07, 6.45) is 5.48.